The number of allylic oxidation sites excluding steroid dienone is 1. The van der Waals surface area contributed by atoms with Gasteiger partial charge in [0, 0.05) is 36.3 Å². The predicted molar refractivity (Wildman–Crippen MR) is 103 cm³/mol. The molecule has 0 aromatic carbocycles. The Morgan fingerprint density at radius 1 is 1.15 bits per heavy atom. The van der Waals surface area contributed by atoms with E-state index in [1.807, 2.05) is 23.2 Å². The van der Waals surface area contributed by atoms with Gasteiger partial charge in [-0.1, -0.05) is 31.8 Å². The highest BCUT2D eigenvalue weighted by molar-refractivity contribution is 6.23. The van der Waals surface area contributed by atoms with Gasteiger partial charge in [0.2, 0.25) is 5.91 Å². The molecule has 0 unspecified atom stereocenters. The maximum Gasteiger partial charge on any atom is 0.255 e. The van der Waals surface area contributed by atoms with E-state index in [0.717, 1.165) is 67.3 Å². The fourth-order valence-electron chi connectivity index (χ4n) is 5.54. The van der Waals surface area contributed by atoms with Gasteiger partial charge in [0.15, 0.2) is 0 Å². The normalized spacial score (nSPS) is 23.5. The molecule has 3 aliphatic carbocycles. The first-order valence-electron chi connectivity index (χ1n) is 10.5. The molecule has 1 aliphatic heterocycles. The van der Waals surface area contributed by atoms with Crippen LogP contribution in [0.3, 0.4) is 0 Å². The summed E-state index contributed by atoms with van der Waals surface area (Å²) in [5.74, 6) is 0.367. The van der Waals surface area contributed by atoms with Gasteiger partial charge in [0.05, 0.1) is 5.69 Å². The van der Waals surface area contributed by atoms with Crippen LogP contribution in [0.25, 0.3) is 5.57 Å². The minimum absolute atomic E-state index is 0.0210. The molecule has 0 radical (unpaired) electrons. The first-order valence-corrected chi connectivity index (χ1v) is 10.5. The average molecular weight is 365 g/mol. The van der Waals surface area contributed by atoms with E-state index < -0.39 is 0 Å². The van der Waals surface area contributed by atoms with Gasteiger partial charge in [-0.2, -0.15) is 0 Å². The number of hydrogen-bond donors (Lipinski definition) is 1. The molecule has 2 amide bonds. The Labute approximate surface area is 160 Å². The second kappa shape index (κ2) is 6.77. The largest absolute Gasteiger partial charge is 0.352 e. The number of carbonyl (C=O) groups is 2. The number of aromatic nitrogens is 1. The fourth-order valence-corrected chi connectivity index (χ4v) is 5.54. The van der Waals surface area contributed by atoms with E-state index in [-0.39, 0.29) is 29.8 Å². The minimum Gasteiger partial charge on any atom is -0.352 e. The topological polar surface area (TPSA) is 62.3 Å². The minimum atomic E-state index is -0.341. The molecule has 1 aromatic heterocycles. The highest BCUT2D eigenvalue weighted by Crippen LogP contribution is 2.39. The number of pyridine rings is 1. The van der Waals surface area contributed by atoms with Crippen molar-refractivity contribution >= 4 is 17.4 Å². The van der Waals surface area contributed by atoms with E-state index in [1.165, 1.54) is 12.8 Å². The molecule has 1 aromatic rings. The zero-order valence-corrected chi connectivity index (χ0v) is 15.7. The lowest BCUT2D eigenvalue weighted by molar-refractivity contribution is -0.140. The third-order valence-corrected chi connectivity index (χ3v) is 6.87. The van der Waals surface area contributed by atoms with Crippen molar-refractivity contribution in [2.75, 3.05) is 0 Å². The molecular formula is C22H27N3O2. The summed E-state index contributed by atoms with van der Waals surface area (Å²) in [5.41, 5.74) is 3.93. The van der Waals surface area contributed by atoms with Crippen LogP contribution in [0.1, 0.15) is 68.2 Å². The first kappa shape index (κ1) is 17.0. The van der Waals surface area contributed by atoms with Gasteiger partial charge in [0.1, 0.15) is 6.04 Å². The summed E-state index contributed by atoms with van der Waals surface area (Å²) < 4.78 is 0. The number of carbonyl (C=O) groups excluding carboxylic acids is 2. The lowest BCUT2D eigenvalue weighted by Gasteiger charge is -2.38. The molecule has 0 bridgehead atoms. The molecule has 1 N–H and O–H groups in total. The summed E-state index contributed by atoms with van der Waals surface area (Å²) in [5, 5.41) is 3.28. The van der Waals surface area contributed by atoms with Crippen molar-refractivity contribution in [2.24, 2.45) is 5.92 Å². The Morgan fingerprint density at radius 2 is 1.89 bits per heavy atom. The predicted octanol–water partition coefficient (Wildman–Crippen LogP) is 2.98. The molecule has 4 aliphatic rings. The van der Waals surface area contributed by atoms with Crippen molar-refractivity contribution < 1.29 is 9.59 Å². The van der Waals surface area contributed by atoms with Crippen LogP contribution >= 0.6 is 0 Å². The quantitative estimate of drug-likeness (QED) is 0.892. The lowest BCUT2D eigenvalue weighted by Crippen LogP contribution is -2.55. The Hall–Kier alpha value is -2.17. The summed E-state index contributed by atoms with van der Waals surface area (Å²) in [6, 6.07) is 1.96. The molecule has 142 valence electrons. The van der Waals surface area contributed by atoms with Gasteiger partial charge in [-0.15, -0.1) is 0 Å². The molecule has 27 heavy (non-hydrogen) atoms. The van der Waals surface area contributed by atoms with Gasteiger partial charge < -0.3 is 10.2 Å². The zero-order valence-electron chi connectivity index (χ0n) is 15.7. The second-order valence-corrected chi connectivity index (χ2v) is 8.53. The highest BCUT2D eigenvalue weighted by Gasteiger charge is 2.43. The zero-order chi connectivity index (χ0) is 18.4. The Kier molecular flexibility index (Phi) is 4.25. The van der Waals surface area contributed by atoms with Crippen LogP contribution in [0.5, 0.6) is 0 Å². The van der Waals surface area contributed by atoms with Crippen molar-refractivity contribution in [3.05, 3.63) is 35.2 Å². The second-order valence-electron chi connectivity index (χ2n) is 8.53. The van der Waals surface area contributed by atoms with E-state index in [1.54, 1.807) is 0 Å². The lowest BCUT2D eigenvalue weighted by atomic mass is 9.90. The summed E-state index contributed by atoms with van der Waals surface area (Å²) >= 11 is 0. The monoisotopic (exact) mass is 365 g/mol. The van der Waals surface area contributed by atoms with E-state index in [2.05, 4.69) is 10.3 Å². The van der Waals surface area contributed by atoms with Crippen LogP contribution in [-0.2, 0) is 22.6 Å². The van der Waals surface area contributed by atoms with Crippen molar-refractivity contribution in [1.29, 1.82) is 0 Å². The Bertz CT molecular complexity index is 804. The van der Waals surface area contributed by atoms with Gasteiger partial charge in [-0.05, 0) is 43.2 Å². The molecule has 5 nitrogen and oxygen atoms in total. The first-order chi connectivity index (χ1) is 13.2. The number of nitrogens with zero attached hydrogens (tertiary/aromatic N) is 2. The van der Waals surface area contributed by atoms with Crippen LogP contribution in [-0.4, -0.2) is 33.8 Å². The van der Waals surface area contributed by atoms with Crippen LogP contribution in [0.4, 0.5) is 0 Å². The molecule has 1 atom stereocenters. The molecule has 5 heteroatoms. The molecule has 2 heterocycles. The SMILES string of the molecule is O=C(NC1CCCC1)[C@@H](C1CCCC1)N1Cc2ccnc3c2C(=CC3)C1=O. The average Bonchev–Trinajstić information content (AvgIpc) is 3.42. The van der Waals surface area contributed by atoms with Crippen molar-refractivity contribution in [3.63, 3.8) is 0 Å². The fraction of sp³-hybridized carbons (Fsp3) is 0.591. The molecule has 0 saturated heterocycles. The number of amides is 2. The molecular weight excluding hydrogens is 338 g/mol. The van der Waals surface area contributed by atoms with Gasteiger partial charge >= 0.3 is 0 Å². The summed E-state index contributed by atoms with van der Waals surface area (Å²) in [4.78, 5) is 33.0. The standard InChI is InChI=1S/C22H27N3O2/c26-21(24-16-7-3-4-8-16)20(14-5-1-2-6-14)25-13-15-11-12-23-18-10-9-17(19(15)18)22(25)27/h9,11-12,14,16,20H,1-8,10,13H2,(H,24,26)/t20-/m1/s1. The maximum absolute atomic E-state index is 13.3. The molecule has 5 rings (SSSR count). The molecule has 2 fully saturated rings. The van der Waals surface area contributed by atoms with Crippen molar-refractivity contribution in [2.45, 2.75) is 76.4 Å². The Morgan fingerprint density at radius 3 is 2.67 bits per heavy atom. The van der Waals surface area contributed by atoms with E-state index in [0.29, 0.717) is 6.54 Å². The summed E-state index contributed by atoms with van der Waals surface area (Å²) in [7, 11) is 0. The van der Waals surface area contributed by atoms with Crippen molar-refractivity contribution in [1.82, 2.24) is 15.2 Å². The van der Waals surface area contributed by atoms with Crippen LogP contribution in [0.2, 0.25) is 0 Å². The van der Waals surface area contributed by atoms with Crippen LogP contribution < -0.4 is 5.32 Å². The molecule has 0 spiro atoms. The van der Waals surface area contributed by atoms with Gasteiger partial charge in [0.25, 0.3) is 5.91 Å². The van der Waals surface area contributed by atoms with Crippen LogP contribution in [0, 0.1) is 5.92 Å². The summed E-state index contributed by atoms with van der Waals surface area (Å²) in [6.45, 7) is 0.528. The smallest absolute Gasteiger partial charge is 0.255 e. The third-order valence-electron chi connectivity index (χ3n) is 6.87. The van der Waals surface area contributed by atoms with Crippen molar-refractivity contribution in [3.8, 4) is 0 Å². The molecule has 2 saturated carbocycles. The Balaban J connectivity index is 1.46. The summed E-state index contributed by atoms with van der Waals surface area (Å²) in [6.07, 6.45) is 13.5. The van der Waals surface area contributed by atoms with E-state index in [4.69, 9.17) is 0 Å². The number of hydrogen-bond acceptors (Lipinski definition) is 3. The van der Waals surface area contributed by atoms with E-state index in [9.17, 15) is 9.59 Å². The highest BCUT2D eigenvalue weighted by atomic mass is 16.2. The number of rotatable bonds is 4. The maximum atomic E-state index is 13.3. The third kappa shape index (κ3) is 2.88. The van der Waals surface area contributed by atoms with Gasteiger partial charge in [-0.25, -0.2) is 0 Å². The number of nitrogens with one attached hydrogen (secondary N) is 1. The van der Waals surface area contributed by atoms with Gasteiger partial charge in [-0.3, -0.25) is 14.6 Å². The van der Waals surface area contributed by atoms with E-state index >= 15 is 0 Å². The van der Waals surface area contributed by atoms with Crippen LogP contribution in [0.15, 0.2) is 18.3 Å².